The molecular weight excluding hydrogens is 300 g/mol. The third-order valence-electron chi connectivity index (χ3n) is 3.97. The molecule has 2 rings (SSSR count). The summed E-state index contributed by atoms with van der Waals surface area (Å²) in [6.07, 6.45) is 4.45. The summed E-state index contributed by atoms with van der Waals surface area (Å²) in [6, 6.07) is 3.95. The average molecular weight is 324 g/mol. The molecule has 0 amide bonds. The molecule has 1 aromatic heterocycles. The standard InChI is InChI=1S/C15H24N4O2S/c1-15(2)12-19(9-10-22(15,20)21)14(16-3)18-8-6-13-5-4-7-17-11-13/h4-5,7,11H,6,8-10,12H2,1-3H3,(H,16,18). The van der Waals surface area contributed by atoms with Crippen LogP contribution in [0.2, 0.25) is 0 Å². The molecular formula is C15H24N4O2S. The van der Waals surface area contributed by atoms with Crippen LogP contribution in [-0.2, 0) is 16.3 Å². The summed E-state index contributed by atoms with van der Waals surface area (Å²) >= 11 is 0. The van der Waals surface area contributed by atoms with E-state index in [9.17, 15) is 8.42 Å². The van der Waals surface area contributed by atoms with Gasteiger partial charge in [0, 0.05) is 39.1 Å². The maximum Gasteiger partial charge on any atom is 0.193 e. The molecule has 0 spiro atoms. The Balaban J connectivity index is 1.93. The van der Waals surface area contributed by atoms with E-state index in [0.717, 1.165) is 24.5 Å². The number of rotatable bonds is 3. The van der Waals surface area contributed by atoms with Crippen LogP contribution >= 0.6 is 0 Å². The summed E-state index contributed by atoms with van der Waals surface area (Å²) in [4.78, 5) is 10.4. The fraction of sp³-hybridized carbons (Fsp3) is 0.600. The normalized spacial score (nSPS) is 20.7. The van der Waals surface area contributed by atoms with Crippen molar-refractivity contribution in [2.45, 2.75) is 25.0 Å². The van der Waals surface area contributed by atoms with Crippen molar-refractivity contribution in [3.8, 4) is 0 Å². The van der Waals surface area contributed by atoms with Crippen molar-refractivity contribution in [2.75, 3.05) is 32.4 Å². The summed E-state index contributed by atoms with van der Waals surface area (Å²) in [5, 5.41) is 3.31. The van der Waals surface area contributed by atoms with Crippen molar-refractivity contribution < 1.29 is 8.42 Å². The fourth-order valence-electron chi connectivity index (χ4n) is 2.52. The minimum atomic E-state index is -3.03. The molecule has 122 valence electrons. The molecule has 1 aromatic rings. The first-order chi connectivity index (χ1) is 10.4. The summed E-state index contributed by atoms with van der Waals surface area (Å²) < 4.78 is 23.4. The molecule has 0 aliphatic carbocycles. The van der Waals surface area contributed by atoms with Crippen LogP contribution in [0.3, 0.4) is 0 Å². The fourth-order valence-corrected chi connectivity index (χ4v) is 3.89. The van der Waals surface area contributed by atoms with Crippen molar-refractivity contribution in [3.63, 3.8) is 0 Å². The van der Waals surface area contributed by atoms with Crippen molar-refractivity contribution in [1.82, 2.24) is 15.2 Å². The zero-order valence-electron chi connectivity index (χ0n) is 13.4. The average Bonchev–Trinajstić information content (AvgIpc) is 2.48. The monoisotopic (exact) mass is 324 g/mol. The van der Waals surface area contributed by atoms with Crippen molar-refractivity contribution >= 4 is 15.8 Å². The van der Waals surface area contributed by atoms with Crippen molar-refractivity contribution in [2.24, 2.45) is 4.99 Å². The molecule has 0 unspecified atom stereocenters. The van der Waals surface area contributed by atoms with Gasteiger partial charge in [-0.25, -0.2) is 8.42 Å². The molecule has 1 aliphatic heterocycles. The number of hydrogen-bond acceptors (Lipinski definition) is 4. The lowest BCUT2D eigenvalue weighted by Gasteiger charge is -2.39. The van der Waals surface area contributed by atoms with Crippen LogP contribution in [0.5, 0.6) is 0 Å². The lowest BCUT2D eigenvalue weighted by molar-refractivity contribution is 0.353. The second-order valence-electron chi connectivity index (χ2n) is 6.09. The quantitative estimate of drug-likeness (QED) is 0.655. The van der Waals surface area contributed by atoms with E-state index < -0.39 is 14.6 Å². The second-order valence-corrected chi connectivity index (χ2v) is 8.83. The van der Waals surface area contributed by atoms with Crippen molar-refractivity contribution in [3.05, 3.63) is 30.1 Å². The molecule has 7 heteroatoms. The maximum absolute atomic E-state index is 12.1. The van der Waals surface area contributed by atoms with E-state index in [0.29, 0.717) is 13.1 Å². The molecule has 1 N–H and O–H groups in total. The van der Waals surface area contributed by atoms with E-state index >= 15 is 0 Å². The van der Waals surface area contributed by atoms with Crippen LogP contribution in [0.15, 0.2) is 29.5 Å². The van der Waals surface area contributed by atoms with Crippen molar-refractivity contribution in [1.29, 1.82) is 0 Å². The van der Waals surface area contributed by atoms with E-state index in [1.165, 1.54) is 0 Å². The van der Waals surface area contributed by atoms with Gasteiger partial charge >= 0.3 is 0 Å². The topological polar surface area (TPSA) is 74.7 Å². The van der Waals surface area contributed by atoms with E-state index in [4.69, 9.17) is 0 Å². The Labute approximate surface area is 132 Å². The lowest BCUT2D eigenvalue weighted by Crippen LogP contribution is -2.57. The Morgan fingerprint density at radius 1 is 1.50 bits per heavy atom. The van der Waals surface area contributed by atoms with Crippen LogP contribution < -0.4 is 5.32 Å². The third kappa shape index (κ3) is 3.76. The zero-order valence-corrected chi connectivity index (χ0v) is 14.2. The number of sulfone groups is 1. The SMILES string of the molecule is CN=C(NCCc1cccnc1)N1CCS(=O)(=O)C(C)(C)C1. The Bertz CT molecular complexity index is 626. The molecule has 0 aromatic carbocycles. The molecule has 0 bridgehead atoms. The Kier molecular flexibility index (Phi) is 5.05. The van der Waals surface area contributed by atoms with Gasteiger partial charge in [0.15, 0.2) is 15.8 Å². The Hall–Kier alpha value is -1.63. The van der Waals surface area contributed by atoms with Crippen LogP contribution in [-0.4, -0.2) is 61.4 Å². The number of aliphatic imine (C=N–C) groups is 1. The van der Waals surface area contributed by atoms with E-state index in [1.807, 2.05) is 23.2 Å². The predicted octanol–water partition coefficient (Wildman–Crippen LogP) is 0.709. The number of nitrogens with zero attached hydrogens (tertiary/aromatic N) is 3. The van der Waals surface area contributed by atoms with E-state index in [-0.39, 0.29) is 5.75 Å². The van der Waals surface area contributed by atoms with E-state index in [1.54, 1.807) is 27.1 Å². The van der Waals surface area contributed by atoms with Gasteiger partial charge in [-0.15, -0.1) is 0 Å². The number of aromatic nitrogens is 1. The zero-order chi connectivity index (χ0) is 16.2. The van der Waals surface area contributed by atoms with Gasteiger partial charge in [-0.3, -0.25) is 9.98 Å². The maximum atomic E-state index is 12.1. The Morgan fingerprint density at radius 2 is 2.27 bits per heavy atom. The first-order valence-electron chi connectivity index (χ1n) is 7.42. The van der Waals surface area contributed by atoms with Gasteiger partial charge in [0.1, 0.15) is 0 Å². The minimum Gasteiger partial charge on any atom is -0.356 e. The number of guanidine groups is 1. The van der Waals surface area contributed by atoms with Crippen LogP contribution in [0.4, 0.5) is 0 Å². The summed E-state index contributed by atoms with van der Waals surface area (Å²) in [5.74, 6) is 0.926. The number of nitrogens with one attached hydrogen (secondary N) is 1. The lowest BCUT2D eigenvalue weighted by atomic mass is 10.2. The predicted molar refractivity (Wildman–Crippen MR) is 88.7 cm³/mol. The molecule has 0 atom stereocenters. The van der Waals surface area contributed by atoms with Crippen LogP contribution in [0.25, 0.3) is 0 Å². The molecule has 2 heterocycles. The highest BCUT2D eigenvalue weighted by Gasteiger charge is 2.40. The first-order valence-corrected chi connectivity index (χ1v) is 9.08. The Morgan fingerprint density at radius 3 is 2.86 bits per heavy atom. The largest absolute Gasteiger partial charge is 0.356 e. The highest BCUT2D eigenvalue weighted by Crippen LogP contribution is 2.23. The summed E-state index contributed by atoms with van der Waals surface area (Å²) in [6.45, 7) is 5.23. The highest BCUT2D eigenvalue weighted by molar-refractivity contribution is 7.92. The highest BCUT2D eigenvalue weighted by atomic mass is 32.2. The van der Waals surface area contributed by atoms with Gasteiger partial charge in [-0.2, -0.15) is 0 Å². The molecule has 1 saturated heterocycles. The second kappa shape index (κ2) is 6.64. The van der Waals surface area contributed by atoms with Gasteiger partial charge in [0.05, 0.1) is 10.5 Å². The van der Waals surface area contributed by atoms with Gasteiger partial charge in [-0.1, -0.05) is 6.07 Å². The molecule has 22 heavy (non-hydrogen) atoms. The van der Waals surface area contributed by atoms with E-state index in [2.05, 4.69) is 15.3 Å². The molecule has 6 nitrogen and oxygen atoms in total. The molecule has 0 saturated carbocycles. The number of pyridine rings is 1. The van der Waals surface area contributed by atoms with Crippen LogP contribution in [0.1, 0.15) is 19.4 Å². The molecule has 1 fully saturated rings. The third-order valence-corrected chi connectivity index (χ3v) is 6.51. The smallest absolute Gasteiger partial charge is 0.193 e. The molecule has 1 aliphatic rings. The number of hydrogen-bond donors (Lipinski definition) is 1. The van der Waals surface area contributed by atoms with Gasteiger partial charge < -0.3 is 10.2 Å². The van der Waals surface area contributed by atoms with Crippen LogP contribution in [0, 0.1) is 0 Å². The van der Waals surface area contributed by atoms with Gasteiger partial charge in [0.2, 0.25) is 0 Å². The summed E-state index contributed by atoms with van der Waals surface area (Å²) in [5.41, 5.74) is 1.16. The minimum absolute atomic E-state index is 0.170. The van der Waals surface area contributed by atoms with Gasteiger partial charge in [0.25, 0.3) is 0 Å². The first kappa shape index (κ1) is 16.7. The molecule has 0 radical (unpaired) electrons. The van der Waals surface area contributed by atoms with Gasteiger partial charge in [-0.05, 0) is 31.9 Å². The summed E-state index contributed by atoms with van der Waals surface area (Å²) in [7, 11) is -1.31.